The topological polar surface area (TPSA) is 43.6 Å². The lowest BCUT2D eigenvalue weighted by Crippen LogP contribution is -2.33. The van der Waals surface area contributed by atoms with Gasteiger partial charge in [0, 0.05) is 11.1 Å². The van der Waals surface area contributed by atoms with Crippen molar-refractivity contribution in [3.05, 3.63) is 204 Å². The van der Waals surface area contributed by atoms with Crippen molar-refractivity contribution >= 4 is 11.0 Å². The third-order valence-corrected chi connectivity index (χ3v) is 10.9. The second-order valence-corrected chi connectivity index (χ2v) is 13.6. The van der Waals surface area contributed by atoms with Crippen molar-refractivity contribution in [2.24, 2.45) is 0 Å². The highest BCUT2D eigenvalue weighted by Crippen LogP contribution is 2.60. The Kier molecular flexibility index (Phi) is 7.44. The van der Waals surface area contributed by atoms with Crippen LogP contribution >= 0.6 is 0 Å². The number of imidazole rings is 1. The number of rotatable bonds is 4. The molecule has 54 heavy (non-hydrogen) atoms. The van der Waals surface area contributed by atoms with E-state index in [2.05, 4.69) is 162 Å². The summed E-state index contributed by atoms with van der Waals surface area (Å²) in [4.78, 5) is 15.8. The Labute approximate surface area is 315 Å². The first-order valence-electron chi connectivity index (χ1n) is 18.7. The summed E-state index contributed by atoms with van der Waals surface area (Å²) in [7, 11) is 0. The molecule has 9 aromatic rings. The Balaban J connectivity index is 0.00000178. The van der Waals surface area contributed by atoms with E-state index in [1.54, 1.807) is 0 Å². The molecule has 7 aromatic carbocycles. The number of nitrogens with zero attached hydrogens (tertiary/aromatic N) is 4. The van der Waals surface area contributed by atoms with Crippen LogP contribution in [0.3, 0.4) is 0 Å². The largest absolute Gasteiger partial charge is 0.290 e. The lowest BCUT2D eigenvalue weighted by Gasteiger charge is -2.39. The standard InChI is InChI=1S/C48H30N4.C2H6/c1-3-14-31(15-4-1)32-26-28-33(29-27-32)42-30-43(50-46(49-42)34-16-5-2-6-17-34)47-51-41-24-13-23-40-45(41)52(47)44-25-12-11-22-39(44)48(40)37-20-9-7-18-35(37)36-19-8-10-21-38(36)48;1-2/h1-30H;1-2H3. The van der Waals surface area contributed by atoms with Gasteiger partial charge in [0.2, 0.25) is 0 Å². The third-order valence-electron chi connectivity index (χ3n) is 10.9. The minimum Gasteiger partial charge on any atom is -0.290 e. The van der Waals surface area contributed by atoms with Crippen molar-refractivity contribution in [2.75, 3.05) is 0 Å². The van der Waals surface area contributed by atoms with Crippen LogP contribution in [0, 0.1) is 0 Å². The highest BCUT2D eigenvalue weighted by Gasteiger charge is 2.50. The van der Waals surface area contributed by atoms with Crippen LogP contribution in [0.2, 0.25) is 0 Å². The van der Waals surface area contributed by atoms with Gasteiger partial charge in [-0.3, -0.25) is 4.57 Å². The Morgan fingerprint density at radius 2 is 0.926 bits per heavy atom. The van der Waals surface area contributed by atoms with Gasteiger partial charge in [-0.1, -0.05) is 178 Å². The smallest absolute Gasteiger partial charge is 0.164 e. The van der Waals surface area contributed by atoms with Crippen LogP contribution in [0.15, 0.2) is 182 Å². The maximum absolute atomic E-state index is 5.42. The molecule has 4 heteroatoms. The Morgan fingerprint density at radius 1 is 0.407 bits per heavy atom. The minimum absolute atomic E-state index is 0.483. The summed E-state index contributed by atoms with van der Waals surface area (Å²) < 4.78 is 2.34. The zero-order valence-electron chi connectivity index (χ0n) is 30.1. The Bertz CT molecular complexity index is 2790. The fraction of sp³-hybridized carbons (Fsp3) is 0.0600. The zero-order valence-corrected chi connectivity index (χ0v) is 30.1. The predicted molar refractivity (Wildman–Crippen MR) is 221 cm³/mol. The first kappa shape index (κ1) is 31.8. The summed E-state index contributed by atoms with van der Waals surface area (Å²) in [5.74, 6) is 1.46. The highest BCUT2D eigenvalue weighted by molar-refractivity contribution is 5.97. The summed E-state index contributed by atoms with van der Waals surface area (Å²) in [6.45, 7) is 4.00. The van der Waals surface area contributed by atoms with Gasteiger partial charge >= 0.3 is 0 Å². The van der Waals surface area contributed by atoms with Gasteiger partial charge < -0.3 is 0 Å². The summed E-state index contributed by atoms with van der Waals surface area (Å²) in [5, 5.41) is 0. The lowest BCUT2D eigenvalue weighted by atomic mass is 9.65. The first-order chi connectivity index (χ1) is 26.8. The lowest BCUT2D eigenvalue weighted by molar-refractivity contribution is 0.745. The summed E-state index contributed by atoms with van der Waals surface area (Å²) in [5.41, 5.74) is 16.3. The molecule has 0 unspecified atom stereocenters. The van der Waals surface area contributed by atoms with E-state index in [1.807, 2.05) is 38.1 Å². The number of hydrogen-bond acceptors (Lipinski definition) is 3. The molecule has 1 spiro atoms. The molecule has 0 fully saturated rings. The summed E-state index contributed by atoms with van der Waals surface area (Å²) in [6.07, 6.45) is 0. The molecule has 256 valence electrons. The highest BCUT2D eigenvalue weighted by atomic mass is 15.1. The fourth-order valence-corrected chi connectivity index (χ4v) is 8.67. The van der Waals surface area contributed by atoms with Crippen molar-refractivity contribution in [2.45, 2.75) is 19.3 Å². The first-order valence-corrected chi connectivity index (χ1v) is 18.7. The van der Waals surface area contributed by atoms with Gasteiger partial charge in [-0.05, 0) is 62.7 Å². The molecule has 1 aliphatic heterocycles. The summed E-state index contributed by atoms with van der Waals surface area (Å²) >= 11 is 0. The van der Waals surface area contributed by atoms with Gasteiger partial charge in [-0.15, -0.1) is 0 Å². The molecule has 2 aromatic heterocycles. The average molecular weight is 693 g/mol. The van der Waals surface area contributed by atoms with Gasteiger partial charge in [0.15, 0.2) is 11.6 Å². The van der Waals surface area contributed by atoms with Gasteiger partial charge in [-0.2, -0.15) is 0 Å². The third kappa shape index (κ3) is 4.60. The molecule has 0 saturated heterocycles. The monoisotopic (exact) mass is 692 g/mol. The molecule has 3 heterocycles. The van der Waals surface area contributed by atoms with E-state index in [9.17, 15) is 0 Å². The van der Waals surface area contributed by atoms with Crippen molar-refractivity contribution in [3.8, 4) is 62.1 Å². The molecular formula is C50H36N4. The molecule has 0 N–H and O–H groups in total. The molecule has 0 atom stereocenters. The van der Waals surface area contributed by atoms with Crippen molar-refractivity contribution < 1.29 is 0 Å². The minimum atomic E-state index is -0.483. The van der Waals surface area contributed by atoms with Crippen LogP contribution in [0.4, 0.5) is 0 Å². The molecule has 0 bridgehead atoms. The van der Waals surface area contributed by atoms with Crippen molar-refractivity contribution in [1.82, 2.24) is 19.5 Å². The van der Waals surface area contributed by atoms with E-state index < -0.39 is 5.41 Å². The van der Waals surface area contributed by atoms with E-state index in [0.29, 0.717) is 5.82 Å². The number of hydrogen-bond donors (Lipinski definition) is 0. The van der Waals surface area contributed by atoms with E-state index in [0.717, 1.165) is 45.1 Å². The number of para-hydroxylation sites is 2. The van der Waals surface area contributed by atoms with E-state index in [1.165, 1.54) is 44.5 Å². The van der Waals surface area contributed by atoms with Crippen LogP contribution in [0.25, 0.3) is 73.1 Å². The van der Waals surface area contributed by atoms with Crippen LogP contribution in [-0.4, -0.2) is 19.5 Å². The molecule has 4 nitrogen and oxygen atoms in total. The zero-order chi connectivity index (χ0) is 36.2. The SMILES string of the molecule is CC.c1ccc(-c2ccc(-c3cc(-c4nc5cccc6c5n4-c4ccccc4C64c5ccccc5-c5ccccc54)nc(-c4ccccc4)n3)cc2)cc1. The van der Waals surface area contributed by atoms with Crippen LogP contribution in [0.5, 0.6) is 0 Å². The molecule has 2 aliphatic rings. The van der Waals surface area contributed by atoms with Crippen LogP contribution in [0.1, 0.15) is 36.1 Å². The molecular weight excluding hydrogens is 657 g/mol. The second kappa shape index (κ2) is 12.6. The second-order valence-electron chi connectivity index (χ2n) is 13.6. The van der Waals surface area contributed by atoms with Gasteiger partial charge in [0.05, 0.1) is 27.8 Å². The molecule has 0 radical (unpaired) electrons. The van der Waals surface area contributed by atoms with E-state index in [-0.39, 0.29) is 0 Å². The number of fused-ring (bicyclic) bond motifs is 9. The van der Waals surface area contributed by atoms with Crippen LogP contribution < -0.4 is 0 Å². The molecule has 0 saturated carbocycles. The van der Waals surface area contributed by atoms with Gasteiger partial charge in [-0.25, -0.2) is 15.0 Å². The van der Waals surface area contributed by atoms with E-state index in [4.69, 9.17) is 15.0 Å². The predicted octanol–water partition coefficient (Wildman–Crippen LogP) is 12.2. The Hall–Kier alpha value is -6.91. The quantitative estimate of drug-likeness (QED) is 0.184. The normalized spacial score (nSPS) is 12.8. The number of benzene rings is 7. The number of aromatic nitrogens is 4. The maximum Gasteiger partial charge on any atom is 0.164 e. The van der Waals surface area contributed by atoms with E-state index >= 15 is 0 Å². The summed E-state index contributed by atoms with van der Waals surface area (Å²) in [6, 6.07) is 64.7. The van der Waals surface area contributed by atoms with Crippen molar-refractivity contribution in [1.29, 1.82) is 0 Å². The van der Waals surface area contributed by atoms with Gasteiger partial charge in [0.25, 0.3) is 0 Å². The molecule has 0 amide bonds. The molecule has 11 rings (SSSR count). The van der Waals surface area contributed by atoms with Gasteiger partial charge in [0.1, 0.15) is 5.69 Å². The van der Waals surface area contributed by atoms with Crippen LogP contribution in [-0.2, 0) is 5.41 Å². The Morgan fingerprint density at radius 3 is 1.61 bits per heavy atom. The average Bonchev–Trinajstić information content (AvgIpc) is 3.80. The van der Waals surface area contributed by atoms with Crippen molar-refractivity contribution in [3.63, 3.8) is 0 Å². The fourth-order valence-electron chi connectivity index (χ4n) is 8.67. The maximum atomic E-state index is 5.42. The molecule has 1 aliphatic carbocycles.